The van der Waals surface area contributed by atoms with E-state index < -0.39 is 5.60 Å². The van der Waals surface area contributed by atoms with E-state index in [0.29, 0.717) is 32.4 Å². The first kappa shape index (κ1) is 12.5. The molecule has 0 radical (unpaired) electrons. The maximum Gasteiger partial charge on any atom is 0.228 e. The summed E-state index contributed by atoms with van der Waals surface area (Å²) in [4.78, 5) is 18.1. The van der Waals surface area contributed by atoms with Crippen LogP contribution in [0.1, 0.15) is 30.5 Å². The van der Waals surface area contributed by atoms with Gasteiger partial charge < -0.3 is 10.0 Å². The number of aryl methyl sites for hydroxylation is 1. The Bertz CT molecular complexity index is 404. The molecule has 4 nitrogen and oxygen atoms in total. The first-order valence-electron chi connectivity index (χ1n) is 5.87. The second kappa shape index (κ2) is 4.74. The molecule has 1 aliphatic heterocycles. The molecule has 1 saturated heterocycles. The van der Waals surface area contributed by atoms with Gasteiger partial charge in [-0.1, -0.05) is 0 Å². The summed E-state index contributed by atoms with van der Waals surface area (Å²) >= 11 is 1.57. The Labute approximate surface area is 105 Å². The van der Waals surface area contributed by atoms with Crippen molar-refractivity contribution in [1.82, 2.24) is 9.88 Å². The van der Waals surface area contributed by atoms with Crippen molar-refractivity contribution < 1.29 is 9.90 Å². The Kier molecular flexibility index (Phi) is 3.49. The topological polar surface area (TPSA) is 53.4 Å². The number of nitrogens with zero attached hydrogens (tertiary/aromatic N) is 2. The van der Waals surface area contributed by atoms with Crippen LogP contribution in [0.15, 0.2) is 5.38 Å². The van der Waals surface area contributed by atoms with E-state index in [1.807, 2.05) is 24.1 Å². The fraction of sp³-hybridized carbons (Fsp3) is 0.667. The average Bonchev–Trinajstić information content (AvgIpc) is 2.63. The highest BCUT2D eigenvalue weighted by molar-refractivity contribution is 7.09. The number of carbonyl (C=O) groups excluding carboxylic acids is 1. The number of hydrogen-bond acceptors (Lipinski definition) is 4. The van der Waals surface area contributed by atoms with Crippen LogP contribution in [0.3, 0.4) is 0 Å². The number of aliphatic hydroxyl groups is 1. The molecule has 0 spiro atoms. The summed E-state index contributed by atoms with van der Waals surface area (Å²) in [5.74, 6) is 0.116. The van der Waals surface area contributed by atoms with E-state index in [4.69, 9.17) is 0 Å². The lowest BCUT2D eigenvalue weighted by atomic mass is 9.94. The standard InChI is InChI=1S/C12H18N2O2S/c1-9-13-10(8-17-9)7-11(15)14-5-3-12(2,16)4-6-14/h8,16H,3-7H2,1-2H3. The molecule has 1 aliphatic rings. The van der Waals surface area contributed by atoms with Gasteiger partial charge in [0.1, 0.15) is 0 Å². The zero-order valence-corrected chi connectivity index (χ0v) is 11.1. The summed E-state index contributed by atoms with van der Waals surface area (Å²) in [7, 11) is 0. The van der Waals surface area contributed by atoms with Gasteiger partial charge in [-0.25, -0.2) is 4.98 Å². The fourth-order valence-corrected chi connectivity index (χ4v) is 2.61. The van der Waals surface area contributed by atoms with E-state index in [-0.39, 0.29) is 5.91 Å². The molecule has 0 saturated carbocycles. The van der Waals surface area contributed by atoms with Gasteiger partial charge in [0.25, 0.3) is 0 Å². The molecule has 2 heterocycles. The largest absolute Gasteiger partial charge is 0.390 e. The molecule has 94 valence electrons. The highest BCUT2D eigenvalue weighted by Crippen LogP contribution is 2.21. The molecule has 0 atom stereocenters. The monoisotopic (exact) mass is 254 g/mol. The minimum absolute atomic E-state index is 0.116. The Hall–Kier alpha value is -0.940. The summed E-state index contributed by atoms with van der Waals surface area (Å²) in [6.07, 6.45) is 1.70. The van der Waals surface area contributed by atoms with E-state index in [9.17, 15) is 9.90 Å². The van der Waals surface area contributed by atoms with Crippen molar-refractivity contribution >= 4 is 17.2 Å². The molecule has 0 bridgehead atoms. The maximum atomic E-state index is 12.0. The molecule has 0 aromatic carbocycles. The lowest BCUT2D eigenvalue weighted by Gasteiger charge is -2.35. The number of carbonyl (C=O) groups is 1. The molecule has 1 fully saturated rings. The summed E-state index contributed by atoms with van der Waals surface area (Å²) in [6, 6.07) is 0. The third-order valence-electron chi connectivity index (χ3n) is 3.19. The fourth-order valence-electron chi connectivity index (χ4n) is 1.99. The molecule has 1 amide bonds. The molecule has 17 heavy (non-hydrogen) atoms. The Morgan fingerprint density at radius 1 is 1.59 bits per heavy atom. The molecule has 0 aliphatic carbocycles. The van der Waals surface area contributed by atoms with Crippen molar-refractivity contribution in [3.05, 3.63) is 16.1 Å². The molecule has 2 rings (SSSR count). The van der Waals surface area contributed by atoms with E-state index in [0.717, 1.165) is 10.7 Å². The van der Waals surface area contributed by atoms with Gasteiger partial charge in [-0.15, -0.1) is 11.3 Å². The van der Waals surface area contributed by atoms with Crippen LogP contribution in [-0.4, -0.2) is 39.6 Å². The van der Waals surface area contributed by atoms with Gasteiger partial charge >= 0.3 is 0 Å². The van der Waals surface area contributed by atoms with Gasteiger partial charge in [-0.2, -0.15) is 0 Å². The highest BCUT2D eigenvalue weighted by atomic mass is 32.1. The van der Waals surface area contributed by atoms with Crippen LogP contribution in [0.4, 0.5) is 0 Å². The van der Waals surface area contributed by atoms with E-state index >= 15 is 0 Å². The quantitative estimate of drug-likeness (QED) is 0.867. The van der Waals surface area contributed by atoms with Crippen LogP contribution in [0.25, 0.3) is 0 Å². The van der Waals surface area contributed by atoms with Crippen molar-refractivity contribution in [2.45, 2.75) is 38.7 Å². The molecule has 1 N–H and O–H groups in total. The average molecular weight is 254 g/mol. The van der Waals surface area contributed by atoms with Crippen LogP contribution < -0.4 is 0 Å². The molecular weight excluding hydrogens is 236 g/mol. The van der Waals surface area contributed by atoms with Crippen LogP contribution in [-0.2, 0) is 11.2 Å². The lowest BCUT2D eigenvalue weighted by Crippen LogP contribution is -2.45. The summed E-state index contributed by atoms with van der Waals surface area (Å²) in [5.41, 5.74) is 0.253. The lowest BCUT2D eigenvalue weighted by molar-refractivity contribution is -0.134. The van der Waals surface area contributed by atoms with Gasteiger partial charge in [0.05, 0.1) is 22.7 Å². The summed E-state index contributed by atoms with van der Waals surface area (Å²) in [6.45, 7) is 5.07. The number of rotatable bonds is 2. The minimum Gasteiger partial charge on any atom is -0.390 e. The van der Waals surface area contributed by atoms with Crippen LogP contribution in [0.2, 0.25) is 0 Å². The van der Waals surface area contributed by atoms with Gasteiger partial charge in [0, 0.05) is 18.5 Å². The number of piperidine rings is 1. The molecule has 1 aromatic rings. The van der Waals surface area contributed by atoms with E-state index in [1.54, 1.807) is 11.3 Å². The number of aromatic nitrogens is 1. The predicted molar refractivity (Wildman–Crippen MR) is 67.0 cm³/mol. The third kappa shape index (κ3) is 3.26. The van der Waals surface area contributed by atoms with E-state index in [1.165, 1.54) is 0 Å². The van der Waals surface area contributed by atoms with Crippen molar-refractivity contribution in [3.63, 3.8) is 0 Å². The highest BCUT2D eigenvalue weighted by Gasteiger charge is 2.29. The summed E-state index contributed by atoms with van der Waals surface area (Å²) < 4.78 is 0. The normalized spacial score (nSPS) is 19.4. The second-order valence-electron chi connectivity index (χ2n) is 4.91. The van der Waals surface area contributed by atoms with Gasteiger partial charge in [-0.05, 0) is 26.7 Å². The number of thiazole rings is 1. The van der Waals surface area contributed by atoms with Gasteiger partial charge in [0.2, 0.25) is 5.91 Å². The SMILES string of the molecule is Cc1nc(CC(=O)N2CCC(C)(O)CC2)cs1. The van der Waals surface area contributed by atoms with E-state index in [2.05, 4.69) is 4.98 Å². The van der Waals surface area contributed by atoms with Crippen molar-refractivity contribution in [2.24, 2.45) is 0 Å². The second-order valence-corrected chi connectivity index (χ2v) is 5.97. The predicted octanol–water partition coefficient (Wildman–Crippen LogP) is 1.37. The maximum absolute atomic E-state index is 12.0. The number of likely N-dealkylation sites (tertiary alicyclic amines) is 1. The first-order chi connectivity index (χ1) is 7.96. The number of hydrogen-bond donors (Lipinski definition) is 1. The van der Waals surface area contributed by atoms with Crippen molar-refractivity contribution in [2.75, 3.05) is 13.1 Å². The molecule has 5 heteroatoms. The Balaban J connectivity index is 1.89. The van der Waals surface area contributed by atoms with Crippen molar-refractivity contribution in [3.8, 4) is 0 Å². The Morgan fingerprint density at radius 2 is 2.24 bits per heavy atom. The van der Waals surface area contributed by atoms with Gasteiger partial charge in [-0.3, -0.25) is 4.79 Å². The minimum atomic E-state index is -0.603. The van der Waals surface area contributed by atoms with Crippen LogP contribution in [0.5, 0.6) is 0 Å². The zero-order chi connectivity index (χ0) is 12.5. The van der Waals surface area contributed by atoms with Crippen molar-refractivity contribution in [1.29, 1.82) is 0 Å². The molecular formula is C12H18N2O2S. The first-order valence-corrected chi connectivity index (χ1v) is 6.75. The Morgan fingerprint density at radius 3 is 2.76 bits per heavy atom. The van der Waals surface area contributed by atoms with Crippen LogP contribution >= 0.6 is 11.3 Å². The van der Waals surface area contributed by atoms with Crippen LogP contribution in [0, 0.1) is 6.92 Å². The number of amides is 1. The van der Waals surface area contributed by atoms with Gasteiger partial charge in [0.15, 0.2) is 0 Å². The summed E-state index contributed by atoms with van der Waals surface area (Å²) in [5, 5.41) is 12.8. The molecule has 0 unspecified atom stereocenters. The third-order valence-corrected chi connectivity index (χ3v) is 4.01. The zero-order valence-electron chi connectivity index (χ0n) is 10.3. The molecule has 1 aromatic heterocycles. The smallest absolute Gasteiger partial charge is 0.228 e.